The van der Waals surface area contributed by atoms with Gasteiger partial charge in [-0.3, -0.25) is 0 Å². The van der Waals surface area contributed by atoms with Gasteiger partial charge in [0.05, 0.1) is 6.61 Å². The quantitative estimate of drug-likeness (QED) is 0.285. The molecule has 0 heterocycles. The number of unbranched alkanes of at least 4 members (excludes halogenated alkanes) is 6. The summed E-state index contributed by atoms with van der Waals surface area (Å²) in [7, 11) is 1.58. The fraction of sp³-hybridized carbons (Fsp3) is 0.923. The van der Waals surface area contributed by atoms with Crippen molar-refractivity contribution in [2.45, 2.75) is 58.3 Å². The van der Waals surface area contributed by atoms with Crippen LogP contribution in [0.2, 0.25) is 0 Å². The highest BCUT2D eigenvalue weighted by atomic mass is 16.8. The number of aldehydes is 1. The molecule has 4 heteroatoms. The van der Waals surface area contributed by atoms with Gasteiger partial charge in [0.2, 0.25) is 0 Å². The lowest BCUT2D eigenvalue weighted by Crippen LogP contribution is -2.19. The van der Waals surface area contributed by atoms with E-state index in [9.17, 15) is 4.79 Å². The van der Waals surface area contributed by atoms with Crippen molar-refractivity contribution in [3.63, 3.8) is 0 Å². The Kier molecular flexibility index (Phi) is 13.3. The molecular weight excluding hydrogens is 220 g/mol. The monoisotopic (exact) mass is 246 g/mol. The maximum atomic E-state index is 10.1. The topological polar surface area (TPSA) is 44.8 Å². The highest BCUT2D eigenvalue weighted by Gasteiger charge is 2.04. The fourth-order valence-corrected chi connectivity index (χ4v) is 1.54. The number of carbonyl (C=O) groups is 1. The number of rotatable bonds is 13. The van der Waals surface area contributed by atoms with Gasteiger partial charge in [-0.05, 0) is 19.8 Å². The van der Waals surface area contributed by atoms with E-state index in [1.54, 1.807) is 7.11 Å². The summed E-state index contributed by atoms with van der Waals surface area (Å²) in [6.07, 6.45) is 8.46. The molecule has 0 fully saturated rings. The van der Waals surface area contributed by atoms with Gasteiger partial charge >= 0.3 is 0 Å². The molecule has 102 valence electrons. The average molecular weight is 246 g/mol. The highest BCUT2D eigenvalue weighted by Crippen LogP contribution is 2.07. The minimum atomic E-state index is -0.521. The van der Waals surface area contributed by atoms with Crippen LogP contribution in [-0.4, -0.2) is 33.1 Å². The minimum absolute atomic E-state index is 0.521. The smallest absolute Gasteiger partial charge is 0.271 e. The molecule has 1 atom stereocenters. The first-order chi connectivity index (χ1) is 8.35. The lowest BCUT2D eigenvalue weighted by Gasteiger charge is -2.15. The van der Waals surface area contributed by atoms with Gasteiger partial charge in [-0.25, -0.2) is 0 Å². The van der Waals surface area contributed by atoms with Gasteiger partial charge < -0.3 is 19.0 Å². The minimum Gasteiger partial charge on any atom is -0.333 e. The van der Waals surface area contributed by atoms with E-state index in [0.717, 1.165) is 32.0 Å². The molecule has 17 heavy (non-hydrogen) atoms. The van der Waals surface area contributed by atoms with Crippen molar-refractivity contribution >= 4 is 6.29 Å². The van der Waals surface area contributed by atoms with Crippen molar-refractivity contribution in [1.29, 1.82) is 0 Å². The Balaban J connectivity index is 3.14. The molecule has 0 aromatic heterocycles. The van der Waals surface area contributed by atoms with Crippen molar-refractivity contribution in [2.75, 3.05) is 20.3 Å². The second-order valence-electron chi connectivity index (χ2n) is 3.93. The zero-order chi connectivity index (χ0) is 12.8. The van der Waals surface area contributed by atoms with Crippen molar-refractivity contribution in [3.8, 4) is 0 Å². The third-order valence-electron chi connectivity index (χ3n) is 2.47. The number of ether oxygens (including phenoxy) is 3. The van der Waals surface area contributed by atoms with Gasteiger partial charge in [0.15, 0.2) is 0 Å². The van der Waals surface area contributed by atoms with Crippen LogP contribution in [0.25, 0.3) is 0 Å². The van der Waals surface area contributed by atoms with Crippen LogP contribution in [0, 0.1) is 0 Å². The zero-order valence-corrected chi connectivity index (χ0v) is 11.2. The molecule has 0 aliphatic heterocycles. The molecule has 0 saturated heterocycles. The van der Waals surface area contributed by atoms with Crippen molar-refractivity contribution in [1.82, 2.24) is 0 Å². The molecule has 1 unspecified atom stereocenters. The predicted octanol–water partition coefficient (Wildman–Crippen LogP) is 2.90. The van der Waals surface area contributed by atoms with Crippen molar-refractivity contribution in [3.05, 3.63) is 0 Å². The predicted molar refractivity (Wildman–Crippen MR) is 66.8 cm³/mol. The Morgan fingerprint density at radius 2 is 1.65 bits per heavy atom. The third kappa shape index (κ3) is 11.8. The highest BCUT2D eigenvalue weighted by molar-refractivity contribution is 5.48. The molecule has 0 spiro atoms. The summed E-state index contributed by atoms with van der Waals surface area (Å²) in [5, 5.41) is 0. The Morgan fingerprint density at radius 3 is 2.24 bits per heavy atom. The summed E-state index contributed by atoms with van der Waals surface area (Å²) >= 11 is 0. The molecule has 0 aliphatic rings. The molecule has 0 saturated carbocycles. The Bertz CT molecular complexity index is 161. The summed E-state index contributed by atoms with van der Waals surface area (Å²) in [6.45, 7) is 2.66. The Morgan fingerprint density at radius 1 is 1.00 bits per heavy atom. The first-order valence-corrected chi connectivity index (χ1v) is 6.54. The van der Waals surface area contributed by atoms with Crippen LogP contribution in [0.5, 0.6) is 0 Å². The van der Waals surface area contributed by atoms with E-state index in [-0.39, 0.29) is 0 Å². The normalized spacial score (nSPS) is 12.6. The van der Waals surface area contributed by atoms with Gasteiger partial charge in [0, 0.05) is 20.1 Å². The summed E-state index contributed by atoms with van der Waals surface area (Å²) in [6, 6.07) is 0. The van der Waals surface area contributed by atoms with E-state index >= 15 is 0 Å². The Labute approximate surface area is 105 Å². The third-order valence-corrected chi connectivity index (χ3v) is 2.47. The van der Waals surface area contributed by atoms with Gasteiger partial charge in [-0.15, -0.1) is 0 Å². The van der Waals surface area contributed by atoms with Crippen LogP contribution in [0.3, 0.4) is 0 Å². The van der Waals surface area contributed by atoms with E-state index in [0.29, 0.717) is 19.6 Å². The van der Waals surface area contributed by atoms with E-state index in [1.807, 2.05) is 6.92 Å². The van der Waals surface area contributed by atoms with Gasteiger partial charge in [-0.2, -0.15) is 0 Å². The summed E-state index contributed by atoms with van der Waals surface area (Å²) < 4.78 is 15.6. The number of hydrogen-bond acceptors (Lipinski definition) is 4. The molecule has 0 amide bonds. The number of carbonyl (C=O) groups excluding carboxylic acids is 1. The van der Waals surface area contributed by atoms with E-state index < -0.39 is 6.48 Å². The molecule has 0 aromatic carbocycles. The van der Waals surface area contributed by atoms with Crippen molar-refractivity contribution in [2.24, 2.45) is 0 Å². The molecule has 0 rings (SSSR count). The SMILES string of the molecule is CCOC(OC)OCCCCCCCCC=O. The van der Waals surface area contributed by atoms with Crippen LogP contribution in [0.15, 0.2) is 0 Å². The van der Waals surface area contributed by atoms with E-state index in [2.05, 4.69) is 0 Å². The van der Waals surface area contributed by atoms with Crippen LogP contribution in [-0.2, 0) is 19.0 Å². The van der Waals surface area contributed by atoms with E-state index in [4.69, 9.17) is 14.2 Å². The van der Waals surface area contributed by atoms with Crippen LogP contribution in [0.4, 0.5) is 0 Å². The largest absolute Gasteiger partial charge is 0.333 e. The van der Waals surface area contributed by atoms with Crippen LogP contribution in [0.1, 0.15) is 51.9 Å². The molecule has 0 aliphatic carbocycles. The van der Waals surface area contributed by atoms with E-state index in [1.165, 1.54) is 12.8 Å². The first kappa shape index (κ1) is 16.6. The molecule has 0 radical (unpaired) electrons. The lowest BCUT2D eigenvalue weighted by atomic mass is 10.1. The standard InChI is InChI=1S/C13H26O4/c1-3-16-13(15-2)17-12-10-8-6-4-5-7-9-11-14/h11,13H,3-10,12H2,1-2H3. The molecule has 4 nitrogen and oxygen atoms in total. The Hall–Kier alpha value is -0.450. The second-order valence-corrected chi connectivity index (χ2v) is 3.93. The number of methoxy groups -OCH3 is 1. The van der Waals surface area contributed by atoms with Gasteiger partial charge in [0.25, 0.3) is 6.48 Å². The fourth-order valence-electron chi connectivity index (χ4n) is 1.54. The average Bonchev–Trinajstić information content (AvgIpc) is 2.35. The maximum absolute atomic E-state index is 10.1. The summed E-state index contributed by atoms with van der Waals surface area (Å²) in [4.78, 5) is 10.1. The first-order valence-electron chi connectivity index (χ1n) is 6.54. The maximum Gasteiger partial charge on any atom is 0.271 e. The van der Waals surface area contributed by atoms with Crippen LogP contribution < -0.4 is 0 Å². The van der Waals surface area contributed by atoms with Gasteiger partial charge in [0.1, 0.15) is 6.29 Å². The van der Waals surface area contributed by atoms with Crippen LogP contribution >= 0.6 is 0 Å². The zero-order valence-electron chi connectivity index (χ0n) is 11.2. The molecule has 0 bridgehead atoms. The van der Waals surface area contributed by atoms with Crippen molar-refractivity contribution < 1.29 is 19.0 Å². The molecular formula is C13H26O4. The summed E-state index contributed by atoms with van der Waals surface area (Å²) in [5.41, 5.74) is 0. The molecule has 0 aromatic rings. The second kappa shape index (κ2) is 13.6. The summed E-state index contributed by atoms with van der Waals surface area (Å²) in [5.74, 6) is 0. The molecule has 0 N–H and O–H groups in total. The van der Waals surface area contributed by atoms with Gasteiger partial charge in [-0.1, -0.05) is 25.7 Å². The number of hydrogen-bond donors (Lipinski definition) is 0. The lowest BCUT2D eigenvalue weighted by molar-refractivity contribution is -0.275.